The number of fused-ring (bicyclic) bond motifs is 2. The van der Waals surface area contributed by atoms with E-state index in [2.05, 4.69) is 20.8 Å². The molecule has 0 aliphatic heterocycles. The summed E-state index contributed by atoms with van der Waals surface area (Å²) in [5, 5.41) is 18.0. The summed E-state index contributed by atoms with van der Waals surface area (Å²) in [7, 11) is 0. The molecule has 0 aromatic heterocycles. The monoisotopic (exact) mass is 484 g/mol. The van der Waals surface area contributed by atoms with Gasteiger partial charge in [-0.3, -0.25) is 9.59 Å². The van der Waals surface area contributed by atoms with Gasteiger partial charge in [-0.2, -0.15) is 0 Å². The van der Waals surface area contributed by atoms with Gasteiger partial charge in [-0.25, -0.2) is 4.79 Å². The molecule has 5 rings (SSSR count). The smallest absolute Gasteiger partial charge is 0.338 e. The zero-order chi connectivity index (χ0) is 25.6. The lowest BCUT2D eigenvalue weighted by Gasteiger charge is -2.67. The van der Waals surface area contributed by atoms with Crippen LogP contribution in [0.3, 0.4) is 0 Å². The summed E-state index contributed by atoms with van der Waals surface area (Å²) >= 11 is 0. The van der Waals surface area contributed by atoms with Gasteiger partial charge in [0.05, 0.1) is 5.56 Å². The van der Waals surface area contributed by atoms with E-state index in [1.165, 1.54) is 0 Å². The van der Waals surface area contributed by atoms with Crippen molar-refractivity contribution in [1.29, 1.82) is 0 Å². The van der Waals surface area contributed by atoms with Crippen molar-refractivity contribution in [2.24, 2.45) is 33.5 Å². The number of esters is 1. The molecule has 0 radical (unpaired) electrons. The van der Waals surface area contributed by atoms with E-state index < -0.39 is 5.97 Å². The zero-order valence-corrected chi connectivity index (χ0v) is 21.5. The summed E-state index contributed by atoms with van der Waals surface area (Å²) in [5.74, 6) is -0.334. The lowest BCUT2D eigenvalue weighted by molar-refractivity contribution is -0.224. The van der Waals surface area contributed by atoms with Gasteiger partial charge in [-0.05, 0) is 72.8 Å². The topological polar surface area (TPSA) is 101 Å². The summed E-state index contributed by atoms with van der Waals surface area (Å²) in [4.78, 5) is 35.1. The quantitative estimate of drug-likeness (QED) is 0.566. The number of carboxylic acid groups (broad SMARTS) is 1. The Morgan fingerprint density at radius 1 is 1.06 bits per heavy atom. The van der Waals surface area contributed by atoms with Crippen LogP contribution < -0.4 is 0 Å². The van der Waals surface area contributed by atoms with Crippen LogP contribution in [0.25, 0.3) is 0 Å². The maximum absolute atomic E-state index is 13.1. The summed E-state index contributed by atoms with van der Waals surface area (Å²) < 4.78 is 6.26. The number of hydrogen-bond donors (Lipinski definition) is 2. The Morgan fingerprint density at radius 2 is 1.71 bits per heavy atom. The SMILES string of the molecule is CC(=O)O.CC12CCC3(C1)[C@H](CC2=O)C[C@@H](OC(=O)c1ccccc1)C1[C@@](C)(CO)CCC[C@@]13C. The second-order valence-electron chi connectivity index (χ2n) is 12.3. The van der Waals surface area contributed by atoms with Crippen molar-refractivity contribution in [2.75, 3.05) is 6.61 Å². The van der Waals surface area contributed by atoms with Crippen LogP contribution in [0.1, 0.15) is 89.4 Å². The molecule has 4 fully saturated rings. The summed E-state index contributed by atoms with van der Waals surface area (Å²) in [6.07, 6.45) is 7.28. The number of carbonyl (C=O) groups excluding carboxylic acids is 2. The van der Waals surface area contributed by atoms with E-state index in [-0.39, 0.29) is 52.2 Å². The fourth-order valence-electron chi connectivity index (χ4n) is 8.73. The molecule has 0 heterocycles. The molecule has 4 saturated carbocycles. The van der Waals surface area contributed by atoms with Crippen LogP contribution in [0.5, 0.6) is 0 Å². The van der Waals surface area contributed by atoms with Crippen molar-refractivity contribution in [1.82, 2.24) is 0 Å². The molecule has 1 spiro atoms. The largest absolute Gasteiger partial charge is 0.481 e. The Bertz CT molecular complexity index is 986. The minimum Gasteiger partial charge on any atom is -0.481 e. The maximum atomic E-state index is 13.1. The summed E-state index contributed by atoms with van der Waals surface area (Å²) in [5.41, 5.74) is 0.192. The summed E-state index contributed by atoms with van der Waals surface area (Å²) in [6.45, 7) is 7.97. The molecular formula is C29H40O6. The van der Waals surface area contributed by atoms with E-state index in [1.807, 2.05) is 18.2 Å². The van der Waals surface area contributed by atoms with Gasteiger partial charge in [0, 0.05) is 31.3 Å². The molecule has 4 aliphatic carbocycles. The summed E-state index contributed by atoms with van der Waals surface area (Å²) in [6, 6.07) is 9.20. The number of rotatable bonds is 3. The number of carboxylic acids is 1. The number of benzene rings is 1. The molecule has 35 heavy (non-hydrogen) atoms. The molecule has 2 N–H and O–H groups in total. The van der Waals surface area contributed by atoms with Crippen LogP contribution >= 0.6 is 0 Å². The first-order valence-electron chi connectivity index (χ1n) is 13.0. The van der Waals surface area contributed by atoms with Crippen LogP contribution in [0.2, 0.25) is 0 Å². The van der Waals surface area contributed by atoms with Crippen molar-refractivity contribution in [3.8, 4) is 0 Å². The maximum Gasteiger partial charge on any atom is 0.338 e. The lowest BCUT2D eigenvalue weighted by atomic mass is 9.37. The molecule has 1 aromatic rings. The first-order chi connectivity index (χ1) is 16.4. The zero-order valence-electron chi connectivity index (χ0n) is 21.5. The fraction of sp³-hybridized carbons (Fsp3) is 0.690. The second-order valence-corrected chi connectivity index (χ2v) is 12.3. The van der Waals surface area contributed by atoms with Crippen LogP contribution in [-0.2, 0) is 14.3 Å². The number of carbonyl (C=O) groups is 3. The predicted octanol–water partition coefficient (Wildman–Crippen LogP) is 5.28. The van der Waals surface area contributed by atoms with E-state index in [0.717, 1.165) is 51.9 Å². The third kappa shape index (κ3) is 4.12. The fourth-order valence-corrected chi connectivity index (χ4v) is 8.73. The first kappa shape index (κ1) is 25.9. The van der Waals surface area contributed by atoms with Crippen molar-refractivity contribution < 1.29 is 29.3 Å². The molecular weight excluding hydrogens is 444 g/mol. The molecule has 3 unspecified atom stereocenters. The molecule has 2 bridgehead atoms. The Hall–Kier alpha value is -2.21. The molecule has 6 nitrogen and oxygen atoms in total. The van der Waals surface area contributed by atoms with Gasteiger partial charge in [0.15, 0.2) is 0 Å². The van der Waals surface area contributed by atoms with E-state index in [1.54, 1.807) is 12.1 Å². The number of aliphatic hydroxyl groups excluding tert-OH is 1. The molecule has 7 atom stereocenters. The highest BCUT2D eigenvalue weighted by Crippen LogP contribution is 2.75. The third-order valence-electron chi connectivity index (χ3n) is 10.3. The predicted molar refractivity (Wildman–Crippen MR) is 132 cm³/mol. The highest BCUT2D eigenvalue weighted by molar-refractivity contribution is 5.89. The van der Waals surface area contributed by atoms with E-state index in [4.69, 9.17) is 14.6 Å². The Labute approximate surface area is 208 Å². The second kappa shape index (κ2) is 9.02. The van der Waals surface area contributed by atoms with Gasteiger partial charge in [0.1, 0.15) is 11.9 Å². The van der Waals surface area contributed by atoms with Crippen LogP contribution in [0, 0.1) is 33.5 Å². The van der Waals surface area contributed by atoms with Crippen LogP contribution in [-0.4, -0.2) is 40.6 Å². The van der Waals surface area contributed by atoms with Crippen LogP contribution in [0.15, 0.2) is 30.3 Å². The van der Waals surface area contributed by atoms with Crippen LogP contribution in [0.4, 0.5) is 0 Å². The number of aliphatic carboxylic acids is 1. The number of hydrogen-bond acceptors (Lipinski definition) is 5. The van der Waals surface area contributed by atoms with Gasteiger partial charge in [0.25, 0.3) is 5.97 Å². The number of aliphatic hydroxyl groups is 1. The van der Waals surface area contributed by atoms with Crippen molar-refractivity contribution in [2.45, 2.75) is 85.2 Å². The Kier molecular flexibility index (Phi) is 6.67. The van der Waals surface area contributed by atoms with Crippen molar-refractivity contribution in [3.63, 3.8) is 0 Å². The minimum absolute atomic E-state index is 0.0360. The average Bonchev–Trinajstić information content (AvgIpc) is 3.13. The molecule has 4 aliphatic rings. The van der Waals surface area contributed by atoms with Gasteiger partial charge >= 0.3 is 5.97 Å². The van der Waals surface area contributed by atoms with Gasteiger partial charge in [-0.1, -0.05) is 45.4 Å². The van der Waals surface area contributed by atoms with Gasteiger partial charge < -0.3 is 14.9 Å². The molecule has 0 saturated heterocycles. The normalized spacial score (nSPS) is 41.6. The number of ether oxygens (including phenoxy) is 1. The number of ketones is 1. The highest BCUT2D eigenvalue weighted by atomic mass is 16.5. The van der Waals surface area contributed by atoms with E-state index in [9.17, 15) is 14.7 Å². The number of Topliss-reactive ketones (excluding diaryl/α,β-unsaturated/α-hetero) is 1. The lowest BCUT2D eigenvalue weighted by Crippen LogP contribution is -2.65. The first-order valence-corrected chi connectivity index (χ1v) is 13.0. The minimum atomic E-state index is -0.833. The molecule has 192 valence electrons. The Balaban J connectivity index is 0.000000672. The van der Waals surface area contributed by atoms with Gasteiger partial charge in [-0.15, -0.1) is 0 Å². The van der Waals surface area contributed by atoms with Gasteiger partial charge in [0.2, 0.25) is 0 Å². The molecule has 1 aromatic carbocycles. The molecule has 0 amide bonds. The molecule has 6 heteroatoms. The third-order valence-corrected chi connectivity index (χ3v) is 10.3. The average molecular weight is 485 g/mol. The van der Waals surface area contributed by atoms with E-state index >= 15 is 0 Å². The van der Waals surface area contributed by atoms with E-state index in [0.29, 0.717) is 17.8 Å². The standard InChI is InChI=1S/C27H36O4.C2H4O2/c1-24-12-13-27(16-24)19(15-21(24)29)14-20(31-23(30)18-8-5-4-6-9-18)22-25(2,17-28)10-7-11-26(22,27)3;1-2(3)4/h4-6,8-9,19-20,22,28H,7,10-17H2,1-3H3;1H3,(H,3,4)/t19-,20+,22?,24?,25+,26-,27?;/m0./s1. The highest BCUT2D eigenvalue weighted by Gasteiger charge is 2.72. The Morgan fingerprint density at radius 3 is 2.34 bits per heavy atom. The van der Waals surface area contributed by atoms with Crippen molar-refractivity contribution in [3.05, 3.63) is 35.9 Å². The van der Waals surface area contributed by atoms with Crippen molar-refractivity contribution >= 4 is 17.7 Å².